The number of ether oxygens (including phenoxy) is 3. The van der Waals surface area contributed by atoms with Crippen LogP contribution < -0.4 is 19.7 Å². The number of carbonyl (C=O) groups excluding carboxylic acids is 2. The molecule has 3 fully saturated rings. The van der Waals surface area contributed by atoms with Crippen LogP contribution in [0.2, 0.25) is 5.02 Å². The molecule has 1 saturated heterocycles. The van der Waals surface area contributed by atoms with Gasteiger partial charge in [-0.3, -0.25) is 9.52 Å². The van der Waals surface area contributed by atoms with E-state index in [1.165, 1.54) is 11.1 Å². The topological polar surface area (TPSA) is 119 Å². The van der Waals surface area contributed by atoms with Crippen molar-refractivity contribution in [3.05, 3.63) is 70.3 Å². The normalized spacial score (nSPS) is 33.2. The van der Waals surface area contributed by atoms with Crippen molar-refractivity contribution in [3.8, 4) is 5.75 Å². The molecule has 8 rings (SSSR count). The first-order chi connectivity index (χ1) is 25.0. The van der Waals surface area contributed by atoms with Crippen molar-refractivity contribution in [1.82, 2.24) is 10.0 Å². The number of benzene rings is 2. The molecule has 2 N–H and O–H groups in total. The zero-order chi connectivity index (χ0) is 36.5. The SMILES string of the molecule is CO[C@@]12/C=C/C[C@H](C)CS(=O)(NC(=O)N[C@@H]3CC3C3CCOCC3)=NC(=O)c3ccc4c(c3)N(Cc3ccc(Cl)cc3CCCCO4)C[C@H](C1)[C@H]2C. The number of carbonyl (C=O) groups is 2. The van der Waals surface area contributed by atoms with E-state index < -0.39 is 27.5 Å². The van der Waals surface area contributed by atoms with Gasteiger partial charge in [-0.15, -0.1) is 4.36 Å². The van der Waals surface area contributed by atoms with Gasteiger partial charge in [0.2, 0.25) is 0 Å². The third kappa shape index (κ3) is 8.32. The first kappa shape index (κ1) is 37.2. The lowest BCUT2D eigenvalue weighted by molar-refractivity contribution is -0.116. The predicted molar refractivity (Wildman–Crippen MR) is 204 cm³/mol. The number of methoxy groups -OCH3 is 1. The predicted octanol–water partition coefficient (Wildman–Crippen LogP) is 7.34. The number of nitrogens with zero attached hydrogens (tertiary/aromatic N) is 2. The average molecular weight is 753 g/mol. The summed E-state index contributed by atoms with van der Waals surface area (Å²) >= 11 is 6.47. The molecule has 3 amide bonds. The zero-order valence-electron chi connectivity index (χ0n) is 30.6. The van der Waals surface area contributed by atoms with Gasteiger partial charge in [-0.2, -0.15) is 0 Å². The molecule has 52 heavy (non-hydrogen) atoms. The summed E-state index contributed by atoms with van der Waals surface area (Å²) in [5.74, 6) is 1.42. The van der Waals surface area contributed by atoms with Crippen molar-refractivity contribution in [3.63, 3.8) is 0 Å². The van der Waals surface area contributed by atoms with Crippen LogP contribution in [0.1, 0.15) is 80.3 Å². The number of anilines is 1. The van der Waals surface area contributed by atoms with Gasteiger partial charge in [0.15, 0.2) is 0 Å². The van der Waals surface area contributed by atoms with Gasteiger partial charge in [-0.25, -0.2) is 9.00 Å². The monoisotopic (exact) mass is 752 g/mol. The Bertz CT molecular complexity index is 1810. The van der Waals surface area contributed by atoms with E-state index in [1.54, 1.807) is 13.2 Å². The number of rotatable bonds is 4. The molecule has 12 heteroatoms. The second kappa shape index (κ2) is 15.7. The van der Waals surface area contributed by atoms with Gasteiger partial charge < -0.3 is 24.4 Å². The highest BCUT2D eigenvalue weighted by atomic mass is 35.5. The van der Waals surface area contributed by atoms with Gasteiger partial charge in [0, 0.05) is 50.0 Å². The fourth-order valence-electron chi connectivity index (χ4n) is 8.76. The number of allylic oxidation sites excluding steroid dienone is 1. The Labute approximate surface area is 313 Å². The molecule has 2 saturated carbocycles. The van der Waals surface area contributed by atoms with E-state index in [0.29, 0.717) is 53.7 Å². The number of aryl methyl sites for hydroxylation is 1. The molecule has 2 unspecified atom stereocenters. The fourth-order valence-corrected chi connectivity index (χ4v) is 10.8. The first-order valence-corrected chi connectivity index (χ1v) is 21.1. The molecule has 282 valence electrons. The Balaban J connectivity index is 1.23. The number of amides is 3. The van der Waals surface area contributed by atoms with Crippen molar-refractivity contribution < 1.29 is 28.0 Å². The van der Waals surface area contributed by atoms with Crippen molar-refractivity contribution in [2.45, 2.75) is 83.4 Å². The van der Waals surface area contributed by atoms with Crippen LogP contribution >= 0.6 is 11.6 Å². The molecular formula is C40H53ClN4O6S. The lowest BCUT2D eigenvalue weighted by Gasteiger charge is -2.53. The molecule has 7 atom stereocenters. The Morgan fingerprint density at radius 1 is 1.08 bits per heavy atom. The number of hydrogen-bond donors (Lipinski definition) is 2. The number of fused-ring (bicyclic) bond motifs is 6. The maximum Gasteiger partial charge on any atom is 0.327 e. The zero-order valence-corrected chi connectivity index (χ0v) is 32.2. The fraction of sp³-hybridized carbons (Fsp3) is 0.600. The highest BCUT2D eigenvalue weighted by Crippen LogP contribution is 2.49. The van der Waals surface area contributed by atoms with E-state index >= 15 is 0 Å². The molecule has 0 radical (unpaired) electrons. The second-order valence-corrected chi connectivity index (χ2v) is 18.1. The van der Waals surface area contributed by atoms with Gasteiger partial charge in [0.25, 0.3) is 5.91 Å². The number of nitrogens with one attached hydrogen (secondary N) is 2. The highest BCUT2D eigenvalue weighted by Gasteiger charge is 2.50. The summed E-state index contributed by atoms with van der Waals surface area (Å²) in [5.41, 5.74) is 3.06. The largest absolute Gasteiger partial charge is 0.491 e. The van der Waals surface area contributed by atoms with E-state index in [0.717, 1.165) is 70.4 Å². The molecule has 2 aromatic rings. The van der Waals surface area contributed by atoms with Crippen LogP contribution in [0.15, 0.2) is 52.9 Å². The van der Waals surface area contributed by atoms with Crippen LogP contribution in [0.25, 0.3) is 0 Å². The summed E-state index contributed by atoms with van der Waals surface area (Å²) in [6.45, 7) is 7.57. The number of urea groups is 1. The molecule has 4 bridgehead atoms. The van der Waals surface area contributed by atoms with Gasteiger partial charge in [-0.1, -0.05) is 43.7 Å². The van der Waals surface area contributed by atoms with Gasteiger partial charge >= 0.3 is 6.03 Å². The van der Waals surface area contributed by atoms with Crippen LogP contribution in [0.4, 0.5) is 10.5 Å². The molecule has 4 aliphatic heterocycles. The minimum atomic E-state index is -3.50. The van der Waals surface area contributed by atoms with Gasteiger partial charge in [-0.05, 0) is 122 Å². The molecule has 0 spiro atoms. The van der Waals surface area contributed by atoms with Crippen LogP contribution in [-0.4, -0.2) is 67.0 Å². The molecule has 0 aromatic heterocycles. The lowest BCUT2D eigenvalue weighted by Crippen LogP contribution is -2.56. The Morgan fingerprint density at radius 2 is 1.90 bits per heavy atom. The van der Waals surface area contributed by atoms with Crippen molar-refractivity contribution in [2.24, 2.45) is 34.0 Å². The Hall–Kier alpha value is -3.12. The van der Waals surface area contributed by atoms with Crippen molar-refractivity contribution in [2.75, 3.05) is 44.1 Å². The van der Waals surface area contributed by atoms with Crippen LogP contribution in [0, 0.1) is 29.6 Å². The van der Waals surface area contributed by atoms with Gasteiger partial charge in [0.05, 0.1) is 23.6 Å². The lowest BCUT2D eigenvalue weighted by atomic mass is 9.61. The minimum Gasteiger partial charge on any atom is -0.491 e. The molecular weight excluding hydrogens is 700 g/mol. The van der Waals surface area contributed by atoms with E-state index in [2.05, 4.69) is 50.5 Å². The molecule has 2 aromatic carbocycles. The highest BCUT2D eigenvalue weighted by molar-refractivity contribution is 7.92. The van der Waals surface area contributed by atoms with Crippen LogP contribution in [-0.2, 0) is 32.4 Å². The second-order valence-electron chi connectivity index (χ2n) is 15.7. The summed E-state index contributed by atoms with van der Waals surface area (Å²) in [6.07, 6.45) is 11.3. The molecule has 4 heterocycles. The summed E-state index contributed by atoms with van der Waals surface area (Å²) in [7, 11) is -1.72. The maximum absolute atomic E-state index is 14.6. The maximum atomic E-state index is 14.6. The third-order valence-corrected chi connectivity index (χ3v) is 14.2. The van der Waals surface area contributed by atoms with E-state index in [4.69, 9.17) is 25.8 Å². The summed E-state index contributed by atoms with van der Waals surface area (Å²) < 4.78 is 39.7. The van der Waals surface area contributed by atoms with E-state index in [9.17, 15) is 13.8 Å². The molecule has 2 aliphatic carbocycles. The van der Waals surface area contributed by atoms with Crippen molar-refractivity contribution >= 4 is 39.1 Å². The van der Waals surface area contributed by atoms with Crippen molar-refractivity contribution in [1.29, 1.82) is 0 Å². The number of hydrogen-bond acceptors (Lipinski definition) is 7. The summed E-state index contributed by atoms with van der Waals surface area (Å²) in [5, 5.41) is 3.74. The minimum absolute atomic E-state index is 0.0187. The Morgan fingerprint density at radius 3 is 2.69 bits per heavy atom. The van der Waals surface area contributed by atoms with E-state index in [1.807, 2.05) is 25.1 Å². The van der Waals surface area contributed by atoms with Crippen LogP contribution in [0.3, 0.4) is 0 Å². The summed E-state index contributed by atoms with van der Waals surface area (Å²) in [4.78, 5) is 29.7. The molecule has 10 nitrogen and oxygen atoms in total. The standard InChI is InChI=1S/C40H53ClN4O6S/c1-26-7-6-15-40(49-3)22-32(27(40)2)24-45-23-31-9-11-33(41)19-29(31)8-4-5-16-51-37-12-10-30(20-36(37)45)38(46)43-52(48,25-26)44-39(47)42-35-21-34(35)28-13-17-50-18-14-28/h6,9-12,15,19-20,26-28,32,34-35H,4-5,7-8,13-14,16-18,21-25H2,1-3H3,(H2,42,43,44,46,47,48)/b15-6+/t26-,27+,32-,34?,35+,40-,52?/m0/s1. The average Bonchev–Trinajstić information content (AvgIpc) is 3.89. The summed E-state index contributed by atoms with van der Waals surface area (Å²) in [6, 6.07) is 10.9. The number of halogens is 1. The third-order valence-electron chi connectivity index (χ3n) is 12.0. The molecule has 6 aliphatic rings. The van der Waals surface area contributed by atoms with Gasteiger partial charge in [0.1, 0.15) is 15.7 Å². The first-order valence-electron chi connectivity index (χ1n) is 19.0. The van der Waals surface area contributed by atoms with Crippen LogP contribution in [0.5, 0.6) is 5.75 Å². The quantitative estimate of drug-likeness (QED) is 0.314. The van der Waals surface area contributed by atoms with E-state index in [-0.39, 0.29) is 23.6 Å². The Kier molecular flexibility index (Phi) is 11.2. The smallest absolute Gasteiger partial charge is 0.327 e.